The normalized spacial score (nSPS) is 37.0. The van der Waals surface area contributed by atoms with Crippen LogP contribution in [-0.2, 0) is 4.79 Å². The van der Waals surface area contributed by atoms with E-state index >= 15 is 0 Å². The molecule has 0 aromatic heterocycles. The van der Waals surface area contributed by atoms with Crippen molar-refractivity contribution in [2.75, 3.05) is 13.1 Å². The summed E-state index contributed by atoms with van der Waals surface area (Å²) in [5.74, 6) is 1.62. The van der Waals surface area contributed by atoms with Crippen molar-refractivity contribution in [1.29, 1.82) is 0 Å². The van der Waals surface area contributed by atoms with E-state index in [9.17, 15) is 4.79 Å². The molecular formula is C10H18N2O. The second-order valence-electron chi connectivity index (χ2n) is 5.24. The lowest BCUT2D eigenvalue weighted by Crippen LogP contribution is -2.39. The van der Waals surface area contributed by atoms with Gasteiger partial charge in [-0.15, -0.1) is 0 Å². The van der Waals surface area contributed by atoms with Crippen LogP contribution in [0.3, 0.4) is 0 Å². The molecule has 2 N–H and O–H groups in total. The van der Waals surface area contributed by atoms with Gasteiger partial charge in [0, 0.05) is 24.5 Å². The van der Waals surface area contributed by atoms with E-state index in [1.165, 1.54) is 0 Å². The van der Waals surface area contributed by atoms with Crippen LogP contribution in [0.5, 0.6) is 0 Å². The van der Waals surface area contributed by atoms with Crippen LogP contribution in [0.2, 0.25) is 0 Å². The Balaban J connectivity index is 1.84. The number of nitrogens with one attached hydrogen (secondary N) is 2. The molecule has 1 saturated carbocycles. The third-order valence-corrected chi connectivity index (χ3v) is 3.07. The summed E-state index contributed by atoms with van der Waals surface area (Å²) in [5, 5.41) is 6.43. The monoisotopic (exact) mass is 182 g/mol. The Kier molecular flexibility index (Phi) is 1.88. The van der Waals surface area contributed by atoms with Gasteiger partial charge in [0.2, 0.25) is 5.91 Å². The van der Waals surface area contributed by atoms with Crippen LogP contribution < -0.4 is 10.6 Å². The quantitative estimate of drug-likeness (QED) is 0.615. The molecule has 1 heterocycles. The van der Waals surface area contributed by atoms with E-state index in [0.29, 0.717) is 17.9 Å². The number of carbonyl (C=O) groups excluding carboxylic acids is 1. The fraction of sp³-hybridized carbons (Fsp3) is 0.900. The van der Waals surface area contributed by atoms with Gasteiger partial charge in [0.25, 0.3) is 0 Å². The molecule has 1 unspecified atom stereocenters. The maximum Gasteiger partial charge on any atom is 0.225 e. The first-order valence-electron chi connectivity index (χ1n) is 5.02. The number of carbonyl (C=O) groups is 1. The summed E-state index contributed by atoms with van der Waals surface area (Å²) in [4.78, 5) is 11.6. The Morgan fingerprint density at radius 3 is 2.31 bits per heavy atom. The van der Waals surface area contributed by atoms with Crippen molar-refractivity contribution in [1.82, 2.24) is 10.6 Å². The molecule has 74 valence electrons. The number of rotatable bonds is 1. The molecule has 2 rings (SSSR count). The summed E-state index contributed by atoms with van der Waals surface area (Å²) in [7, 11) is 0. The lowest BCUT2D eigenvalue weighted by molar-refractivity contribution is -0.128. The Morgan fingerprint density at radius 2 is 1.85 bits per heavy atom. The maximum atomic E-state index is 11.6. The molecule has 1 aliphatic carbocycles. The van der Waals surface area contributed by atoms with Crippen molar-refractivity contribution in [3.63, 3.8) is 0 Å². The van der Waals surface area contributed by atoms with Gasteiger partial charge in [0.15, 0.2) is 0 Å². The van der Waals surface area contributed by atoms with Crippen LogP contribution in [-0.4, -0.2) is 25.0 Å². The average molecular weight is 182 g/mol. The van der Waals surface area contributed by atoms with Gasteiger partial charge in [0.05, 0.1) is 0 Å². The minimum atomic E-state index is -0.246. The van der Waals surface area contributed by atoms with Crippen LogP contribution in [0, 0.1) is 17.3 Å². The molecule has 3 heteroatoms. The van der Waals surface area contributed by atoms with Crippen LogP contribution in [0.4, 0.5) is 0 Å². The van der Waals surface area contributed by atoms with Crippen molar-refractivity contribution in [2.45, 2.75) is 26.8 Å². The lowest BCUT2D eigenvalue weighted by atomic mass is 9.95. The molecule has 0 aromatic rings. The fourth-order valence-corrected chi connectivity index (χ4v) is 2.00. The summed E-state index contributed by atoms with van der Waals surface area (Å²) >= 11 is 0. The van der Waals surface area contributed by atoms with Gasteiger partial charge in [-0.3, -0.25) is 4.79 Å². The summed E-state index contributed by atoms with van der Waals surface area (Å²) in [6.45, 7) is 8.04. The Hall–Kier alpha value is -0.570. The molecular weight excluding hydrogens is 164 g/mol. The highest BCUT2D eigenvalue weighted by Gasteiger charge is 2.54. The second-order valence-corrected chi connectivity index (χ2v) is 5.24. The Morgan fingerprint density at radius 1 is 1.31 bits per heavy atom. The van der Waals surface area contributed by atoms with Crippen molar-refractivity contribution in [2.24, 2.45) is 17.3 Å². The highest BCUT2D eigenvalue weighted by Crippen LogP contribution is 2.41. The molecule has 1 saturated heterocycles. The summed E-state index contributed by atoms with van der Waals surface area (Å²) in [5.41, 5.74) is -0.246. The van der Waals surface area contributed by atoms with E-state index in [0.717, 1.165) is 13.1 Å². The van der Waals surface area contributed by atoms with Gasteiger partial charge in [-0.2, -0.15) is 0 Å². The molecule has 0 bridgehead atoms. The van der Waals surface area contributed by atoms with E-state index in [2.05, 4.69) is 10.6 Å². The summed E-state index contributed by atoms with van der Waals surface area (Å²) < 4.78 is 0. The highest BCUT2D eigenvalue weighted by atomic mass is 16.2. The minimum absolute atomic E-state index is 0.187. The maximum absolute atomic E-state index is 11.6. The molecule has 3 nitrogen and oxygen atoms in total. The first-order chi connectivity index (χ1) is 6.00. The van der Waals surface area contributed by atoms with Crippen molar-refractivity contribution < 1.29 is 4.79 Å². The molecule has 2 fully saturated rings. The standard InChI is InChI=1S/C10H18N2O/c1-10(2,3)9(13)12-8-6-4-11-5-7(6)8/h6-8,11H,4-5H2,1-3H3,(H,12,13)/t6-,7+,8?. The molecule has 1 aliphatic heterocycles. The van der Waals surface area contributed by atoms with Gasteiger partial charge >= 0.3 is 0 Å². The molecule has 0 spiro atoms. The minimum Gasteiger partial charge on any atom is -0.352 e. The molecule has 3 atom stereocenters. The van der Waals surface area contributed by atoms with E-state index in [4.69, 9.17) is 0 Å². The SMILES string of the molecule is CC(C)(C)C(=O)NC1[C@H]2CNC[C@@H]12. The Labute approximate surface area is 79.3 Å². The number of amides is 1. The van der Waals surface area contributed by atoms with Gasteiger partial charge in [0.1, 0.15) is 0 Å². The molecule has 0 radical (unpaired) electrons. The third-order valence-electron chi connectivity index (χ3n) is 3.07. The average Bonchev–Trinajstić information content (AvgIpc) is 2.47. The highest BCUT2D eigenvalue weighted by molar-refractivity contribution is 5.82. The molecule has 0 aromatic carbocycles. The second kappa shape index (κ2) is 2.71. The van der Waals surface area contributed by atoms with E-state index in [-0.39, 0.29) is 11.3 Å². The van der Waals surface area contributed by atoms with Crippen LogP contribution in [0.15, 0.2) is 0 Å². The number of piperidine rings is 1. The van der Waals surface area contributed by atoms with E-state index in [1.807, 2.05) is 20.8 Å². The zero-order valence-electron chi connectivity index (χ0n) is 8.55. The predicted molar refractivity (Wildman–Crippen MR) is 51.2 cm³/mol. The smallest absolute Gasteiger partial charge is 0.225 e. The van der Waals surface area contributed by atoms with E-state index < -0.39 is 0 Å². The number of hydrogen-bond acceptors (Lipinski definition) is 2. The predicted octanol–water partition coefficient (Wildman–Crippen LogP) is 0.366. The zero-order valence-corrected chi connectivity index (χ0v) is 8.55. The van der Waals surface area contributed by atoms with Crippen LogP contribution in [0.1, 0.15) is 20.8 Å². The molecule has 1 amide bonds. The van der Waals surface area contributed by atoms with Crippen molar-refractivity contribution >= 4 is 5.91 Å². The molecule has 2 aliphatic rings. The summed E-state index contributed by atoms with van der Waals surface area (Å²) in [6, 6.07) is 0.466. The van der Waals surface area contributed by atoms with Gasteiger partial charge in [-0.1, -0.05) is 20.8 Å². The van der Waals surface area contributed by atoms with Crippen molar-refractivity contribution in [3.8, 4) is 0 Å². The fourth-order valence-electron chi connectivity index (χ4n) is 2.00. The lowest BCUT2D eigenvalue weighted by Gasteiger charge is -2.18. The first-order valence-corrected chi connectivity index (χ1v) is 5.02. The number of hydrogen-bond donors (Lipinski definition) is 2. The van der Waals surface area contributed by atoms with Crippen LogP contribution >= 0.6 is 0 Å². The number of fused-ring (bicyclic) bond motifs is 1. The topological polar surface area (TPSA) is 41.1 Å². The summed E-state index contributed by atoms with van der Waals surface area (Å²) in [6.07, 6.45) is 0. The largest absolute Gasteiger partial charge is 0.352 e. The first kappa shape index (κ1) is 9.00. The van der Waals surface area contributed by atoms with E-state index in [1.54, 1.807) is 0 Å². The van der Waals surface area contributed by atoms with Crippen molar-refractivity contribution in [3.05, 3.63) is 0 Å². The Bertz CT molecular complexity index is 222. The molecule has 13 heavy (non-hydrogen) atoms. The van der Waals surface area contributed by atoms with Gasteiger partial charge in [-0.25, -0.2) is 0 Å². The zero-order chi connectivity index (χ0) is 9.64. The third kappa shape index (κ3) is 1.57. The van der Waals surface area contributed by atoms with Gasteiger partial charge in [-0.05, 0) is 11.8 Å². The van der Waals surface area contributed by atoms with Crippen LogP contribution in [0.25, 0.3) is 0 Å². The van der Waals surface area contributed by atoms with Gasteiger partial charge < -0.3 is 10.6 Å².